The molecule has 0 aliphatic carbocycles. The molecule has 86 valence electrons. The Labute approximate surface area is 88.2 Å². The van der Waals surface area contributed by atoms with Crippen LogP contribution in [0.25, 0.3) is 0 Å². The third kappa shape index (κ3) is 5.58. The maximum Gasteiger partial charge on any atom is 0.0587 e. The Morgan fingerprint density at radius 2 is 1.71 bits per heavy atom. The number of methoxy groups -OCH3 is 2. The van der Waals surface area contributed by atoms with Crippen LogP contribution < -0.4 is 5.32 Å². The Bertz CT molecular complexity index is 130. The Morgan fingerprint density at radius 3 is 2.21 bits per heavy atom. The maximum absolute atomic E-state index is 5.15. The summed E-state index contributed by atoms with van der Waals surface area (Å²) >= 11 is 0. The predicted molar refractivity (Wildman–Crippen MR) is 59.5 cm³/mol. The van der Waals surface area contributed by atoms with Crippen molar-refractivity contribution in [1.29, 1.82) is 0 Å². The van der Waals surface area contributed by atoms with Crippen molar-refractivity contribution in [3.8, 4) is 0 Å². The Kier molecular flexibility index (Phi) is 8.14. The van der Waals surface area contributed by atoms with Gasteiger partial charge in [0.25, 0.3) is 0 Å². The highest BCUT2D eigenvalue weighted by Gasteiger charge is 2.18. The topological polar surface area (TPSA) is 30.5 Å². The van der Waals surface area contributed by atoms with Crippen molar-refractivity contribution < 1.29 is 9.47 Å². The van der Waals surface area contributed by atoms with E-state index in [-0.39, 0.29) is 0 Å². The quantitative estimate of drug-likeness (QED) is 0.607. The first-order chi connectivity index (χ1) is 6.63. The van der Waals surface area contributed by atoms with Gasteiger partial charge < -0.3 is 14.8 Å². The van der Waals surface area contributed by atoms with E-state index in [2.05, 4.69) is 26.1 Å². The largest absolute Gasteiger partial charge is 0.384 e. The van der Waals surface area contributed by atoms with Crippen LogP contribution >= 0.6 is 0 Å². The first kappa shape index (κ1) is 13.9. The molecule has 0 saturated heterocycles. The summed E-state index contributed by atoms with van der Waals surface area (Å²) in [6.07, 6.45) is 0. The van der Waals surface area contributed by atoms with Gasteiger partial charge in [0.2, 0.25) is 0 Å². The van der Waals surface area contributed by atoms with E-state index in [9.17, 15) is 0 Å². The minimum absolute atomic E-state index is 0.510. The molecule has 0 rings (SSSR count). The lowest BCUT2D eigenvalue weighted by Gasteiger charge is -2.26. The summed E-state index contributed by atoms with van der Waals surface area (Å²) in [5.74, 6) is 1.21. The van der Waals surface area contributed by atoms with Gasteiger partial charge in [-0.25, -0.2) is 0 Å². The van der Waals surface area contributed by atoms with Gasteiger partial charge in [0.05, 0.1) is 6.61 Å². The van der Waals surface area contributed by atoms with Crippen LogP contribution in [0.4, 0.5) is 0 Å². The zero-order valence-corrected chi connectivity index (χ0v) is 10.2. The van der Waals surface area contributed by atoms with Gasteiger partial charge in [0.1, 0.15) is 0 Å². The van der Waals surface area contributed by atoms with E-state index in [0.717, 1.165) is 19.8 Å². The van der Waals surface area contributed by atoms with E-state index < -0.39 is 0 Å². The highest BCUT2D eigenvalue weighted by Crippen LogP contribution is 2.15. The zero-order valence-electron chi connectivity index (χ0n) is 10.2. The first-order valence-corrected chi connectivity index (χ1v) is 5.34. The first-order valence-electron chi connectivity index (χ1n) is 5.34. The number of nitrogens with one attached hydrogen (secondary N) is 1. The molecule has 0 aromatic heterocycles. The van der Waals surface area contributed by atoms with Crippen LogP contribution in [0.2, 0.25) is 0 Å². The molecule has 0 aliphatic heterocycles. The molecule has 0 heterocycles. The van der Waals surface area contributed by atoms with Gasteiger partial charge in [-0.3, -0.25) is 0 Å². The van der Waals surface area contributed by atoms with Crippen LogP contribution in [-0.2, 0) is 9.47 Å². The molecule has 0 fully saturated rings. The summed E-state index contributed by atoms with van der Waals surface area (Å²) in [6, 6.07) is 0.510. The molecule has 0 aromatic carbocycles. The molecule has 3 nitrogen and oxygen atoms in total. The highest BCUT2D eigenvalue weighted by molar-refractivity contribution is 4.72. The summed E-state index contributed by atoms with van der Waals surface area (Å²) in [5, 5.41) is 3.44. The maximum atomic E-state index is 5.15. The monoisotopic (exact) mass is 203 g/mol. The SMILES string of the molecule is COCCNC(C)C(C)C(C)COC. The van der Waals surface area contributed by atoms with E-state index in [1.54, 1.807) is 14.2 Å². The van der Waals surface area contributed by atoms with Crippen LogP contribution in [-0.4, -0.2) is 40.0 Å². The number of hydrogen-bond acceptors (Lipinski definition) is 3. The van der Waals surface area contributed by atoms with Gasteiger partial charge in [-0.15, -0.1) is 0 Å². The van der Waals surface area contributed by atoms with E-state index in [0.29, 0.717) is 17.9 Å². The summed E-state index contributed by atoms with van der Waals surface area (Å²) in [6.45, 7) is 9.22. The molecule has 0 aromatic rings. The zero-order chi connectivity index (χ0) is 11.0. The van der Waals surface area contributed by atoms with E-state index in [1.807, 2.05) is 0 Å². The van der Waals surface area contributed by atoms with E-state index in [4.69, 9.17) is 9.47 Å². The summed E-state index contributed by atoms with van der Waals surface area (Å²) in [4.78, 5) is 0. The molecule has 3 unspecified atom stereocenters. The second-order valence-electron chi connectivity index (χ2n) is 4.03. The lowest BCUT2D eigenvalue weighted by Crippen LogP contribution is -2.38. The lowest BCUT2D eigenvalue weighted by atomic mass is 9.90. The fourth-order valence-electron chi connectivity index (χ4n) is 1.48. The van der Waals surface area contributed by atoms with Gasteiger partial charge in [0.15, 0.2) is 0 Å². The second-order valence-corrected chi connectivity index (χ2v) is 4.03. The number of ether oxygens (including phenoxy) is 2. The van der Waals surface area contributed by atoms with Crippen LogP contribution in [0, 0.1) is 11.8 Å². The molecule has 0 bridgehead atoms. The van der Waals surface area contributed by atoms with Crippen molar-refractivity contribution in [3.63, 3.8) is 0 Å². The third-order valence-corrected chi connectivity index (χ3v) is 2.89. The molecule has 0 spiro atoms. The Balaban J connectivity index is 3.68. The molecule has 1 N–H and O–H groups in total. The minimum Gasteiger partial charge on any atom is -0.384 e. The van der Waals surface area contributed by atoms with Gasteiger partial charge in [-0.05, 0) is 18.8 Å². The Morgan fingerprint density at radius 1 is 1.07 bits per heavy atom. The number of hydrogen-bond donors (Lipinski definition) is 1. The fraction of sp³-hybridized carbons (Fsp3) is 1.00. The van der Waals surface area contributed by atoms with Crippen LogP contribution in [0.15, 0.2) is 0 Å². The third-order valence-electron chi connectivity index (χ3n) is 2.89. The molecule has 14 heavy (non-hydrogen) atoms. The summed E-state index contributed by atoms with van der Waals surface area (Å²) < 4.78 is 10.1. The van der Waals surface area contributed by atoms with Crippen molar-refractivity contribution in [1.82, 2.24) is 5.32 Å². The molecule has 0 saturated carbocycles. The summed E-state index contributed by atoms with van der Waals surface area (Å²) in [7, 11) is 3.48. The van der Waals surface area contributed by atoms with Crippen LogP contribution in [0.3, 0.4) is 0 Å². The molecule has 0 amide bonds. The fourth-order valence-corrected chi connectivity index (χ4v) is 1.48. The average Bonchev–Trinajstić information content (AvgIpc) is 2.17. The number of rotatable bonds is 8. The average molecular weight is 203 g/mol. The highest BCUT2D eigenvalue weighted by atomic mass is 16.5. The van der Waals surface area contributed by atoms with Crippen molar-refractivity contribution in [2.45, 2.75) is 26.8 Å². The molecule has 0 aliphatic rings. The van der Waals surface area contributed by atoms with E-state index >= 15 is 0 Å². The lowest BCUT2D eigenvalue weighted by molar-refractivity contribution is 0.120. The van der Waals surface area contributed by atoms with Gasteiger partial charge in [0, 0.05) is 33.4 Å². The van der Waals surface area contributed by atoms with Gasteiger partial charge in [-0.1, -0.05) is 13.8 Å². The van der Waals surface area contributed by atoms with Crippen LogP contribution in [0.1, 0.15) is 20.8 Å². The molecule has 3 heteroatoms. The van der Waals surface area contributed by atoms with E-state index in [1.165, 1.54) is 0 Å². The Hall–Kier alpha value is -0.120. The smallest absolute Gasteiger partial charge is 0.0587 e. The van der Waals surface area contributed by atoms with Crippen LogP contribution in [0.5, 0.6) is 0 Å². The van der Waals surface area contributed by atoms with Crippen molar-refractivity contribution >= 4 is 0 Å². The minimum atomic E-state index is 0.510. The molecule has 0 radical (unpaired) electrons. The molecule has 3 atom stereocenters. The molecular weight excluding hydrogens is 178 g/mol. The van der Waals surface area contributed by atoms with Gasteiger partial charge in [-0.2, -0.15) is 0 Å². The van der Waals surface area contributed by atoms with Crippen molar-refractivity contribution in [2.75, 3.05) is 34.0 Å². The molecular formula is C11H25NO2. The normalized spacial score (nSPS) is 17.8. The summed E-state index contributed by atoms with van der Waals surface area (Å²) in [5.41, 5.74) is 0. The van der Waals surface area contributed by atoms with Crippen molar-refractivity contribution in [2.24, 2.45) is 11.8 Å². The predicted octanol–water partition coefficient (Wildman–Crippen LogP) is 1.53. The van der Waals surface area contributed by atoms with Gasteiger partial charge >= 0.3 is 0 Å². The second kappa shape index (κ2) is 8.21. The van der Waals surface area contributed by atoms with Crippen molar-refractivity contribution in [3.05, 3.63) is 0 Å². The standard InChI is InChI=1S/C11H25NO2/c1-9(8-14-5)10(2)11(3)12-6-7-13-4/h9-12H,6-8H2,1-5H3.